The molecule has 6 heteroatoms. The first-order valence-corrected chi connectivity index (χ1v) is 7.45. The second kappa shape index (κ2) is 6.56. The van der Waals surface area contributed by atoms with E-state index in [0.717, 1.165) is 24.0 Å². The Morgan fingerprint density at radius 2 is 2.30 bits per heavy atom. The van der Waals surface area contributed by atoms with Gasteiger partial charge in [0, 0.05) is 31.1 Å². The van der Waals surface area contributed by atoms with Crippen LogP contribution in [0.4, 0.5) is 0 Å². The fraction of sp³-hybridized carbons (Fsp3) is 0.357. The van der Waals surface area contributed by atoms with E-state index in [-0.39, 0.29) is 11.9 Å². The van der Waals surface area contributed by atoms with E-state index >= 15 is 0 Å². The van der Waals surface area contributed by atoms with E-state index in [1.807, 2.05) is 11.8 Å². The highest BCUT2D eigenvalue weighted by molar-refractivity contribution is 7.99. The zero-order valence-corrected chi connectivity index (χ0v) is 12.0. The quantitative estimate of drug-likeness (QED) is 0.856. The number of amides is 1. The SMILES string of the molecule is CN(C(=O)c1ccc(C=CC(=O)O)cn1)C1CCSC1. The minimum atomic E-state index is -1.01. The Balaban J connectivity index is 2.05. The number of hydrogen-bond donors (Lipinski definition) is 1. The van der Waals surface area contributed by atoms with Crippen LogP contribution in [0.25, 0.3) is 6.08 Å². The van der Waals surface area contributed by atoms with Crippen molar-refractivity contribution in [3.05, 3.63) is 35.7 Å². The number of pyridine rings is 1. The molecule has 1 unspecified atom stereocenters. The van der Waals surface area contributed by atoms with Gasteiger partial charge < -0.3 is 10.0 Å². The van der Waals surface area contributed by atoms with Gasteiger partial charge in [-0.1, -0.05) is 6.07 Å². The summed E-state index contributed by atoms with van der Waals surface area (Å²) >= 11 is 1.86. The van der Waals surface area contributed by atoms with E-state index in [9.17, 15) is 9.59 Å². The molecule has 0 bridgehead atoms. The van der Waals surface area contributed by atoms with Crippen LogP contribution >= 0.6 is 11.8 Å². The first-order valence-electron chi connectivity index (χ1n) is 6.30. The van der Waals surface area contributed by atoms with Gasteiger partial charge in [-0.3, -0.25) is 9.78 Å². The molecule has 0 spiro atoms. The van der Waals surface area contributed by atoms with Gasteiger partial charge in [0.15, 0.2) is 0 Å². The molecule has 5 nitrogen and oxygen atoms in total. The maximum Gasteiger partial charge on any atom is 0.328 e. The van der Waals surface area contributed by atoms with Gasteiger partial charge in [-0.2, -0.15) is 11.8 Å². The van der Waals surface area contributed by atoms with Gasteiger partial charge in [0.1, 0.15) is 5.69 Å². The molecular formula is C14H16N2O3S. The Bertz CT molecular complexity index is 522. The molecule has 1 aromatic heterocycles. The molecule has 106 valence electrons. The molecule has 1 fully saturated rings. The van der Waals surface area contributed by atoms with Crippen LogP contribution in [0.2, 0.25) is 0 Å². The summed E-state index contributed by atoms with van der Waals surface area (Å²) < 4.78 is 0. The third kappa shape index (κ3) is 3.60. The third-order valence-corrected chi connectivity index (χ3v) is 4.34. The second-order valence-electron chi connectivity index (χ2n) is 4.58. The first-order chi connectivity index (χ1) is 9.58. The molecule has 1 N–H and O–H groups in total. The highest BCUT2D eigenvalue weighted by Gasteiger charge is 2.25. The summed E-state index contributed by atoms with van der Waals surface area (Å²) in [5.41, 5.74) is 1.04. The van der Waals surface area contributed by atoms with Crippen molar-refractivity contribution in [2.24, 2.45) is 0 Å². The number of nitrogens with zero attached hydrogens (tertiary/aromatic N) is 2. The molecule has 1 aliphatic rings. The van der Waals surface area contributed by atoms with Crippen LogP contribution in [0.15, 0.2) is 24.4 Å². The van der Waals surface area contributed by atoms with Gasteiger partial charge in [0.25, 0.3) is 5.91 Å². The number of rotatable bonds is 4. The van der Waals surface area contributed by atoms with E-state index in [0.29, 0.717) is 11.3 Å². The predicted octanol–water partition coefficient (Wildman–Crippen LogP) is 1.76. The van der Waals surface area contributed by atoms with Gasteiger partial charge >= 0.3 is 5.97 Å². The molecule has 1 saturated heterocycles. The highest BCUT2D eigenvalue weighted by Crippen LogP contribution is 2.22. The van der Waals surface area contributed by atoms with E-state index < -0.39 is 5.97 Å². The Hall–Kier alpha value is -1.82. The molecule has 0 aliphatic carbocycles. The van der Waals surface area contributed by atoms with Crippen LogP contribution < -0.4 is 0 Å². The van der Waals surface area contributed by atoms with Crippen LogP contribution in [0.1, 0.15) is 22.5 Å². The summed E-state index contributed by atoms with van der Waals surface area (Å²) in [7, 11) is 1.80. The summed E-state index contributed by atoms with van der Waals surface area (Å²) in [6, 6.07) is 3.60. The van der Waals surface area contributed by atoms with Crippen LogP contribution in [-0.4, -0.2) is 51.5 Å². The minimum Gasteiger partial charge on any atom is -0.478 e. The lowest BCUT2D eigenvalue weighted by molar-refractivity contribution is -0.131. The Kier molecular flexibility index (Phi) is 4.79. The Morgan fingerprint density at radius 1 is 1.50 bits per heavy atom. The topological polar surface area (TPSA) is 70.5 Å². The molecule has 20 heavy (non-hydrogen) atoms. The average molecular weight is 292 g/mol. The van der Waals surface area contributed by atoms with Crippen LogP contribution in [0.5, 0.6) is 0 Å². The van der Waals surface area contributed by atoms with Gasteiger partial charge in [-0.25, -0.2) is 4.79 Å². The lowest BCUT2D eigenvalue weighted by Crippen LogP contribution is -2.37. The smallest absolute Gasteiger partial charge is 0.328 e. The lowest BCUT2D eigenvalue weighted by atomic mass is 10.2. The fourth-order valence-electron chi connectivity index (χ4n) is 1.97. The Labute approximate surface area is 121 Å². The molecule has 2 heterocycles. The second-order valence-corrected chi connectivity index (χ2v) is 5.73. The number of aromatic nitrogens is 1. The molecule has 2 rings (SSSR count). The van der Waals surface area contributed by atoms with Gasteiger partial charge in [-0.05, 0) is 29.9 Å². The largest absolute Gasteiger partial charge is 0.478 e. The number of aliphatic carboxylic acids is 1. The summed E-state index contributed by atoms with van der Waals surface area (Å²) in [5, 5.41) is 8.54. The predicted molar refractivity (Wildman–Crippen MR) is 78.7 cm³/mol. The van der Waals surface area contributed by atoms with Crippen molar-refractivity contribution in [3.8, 4) is 0 Å². The lowest BCUT2D eigenvalue weighted by Gasteiger charge is -2.23. The zero-order chi connectivity index (χ0) is 14.5. The molecule has 1 aromatic rings. The minimum absolute atomic E-state index is 0.0914. The van der Waals surface area contributed by atoms with Crippen molar-refractivity contribution in [2.75, 3.05) is 18.6 Å². The Morgan fingerprint density at radius 3 is 2.85 bits per heavy atom. The maximum absolute atomic E-state index is 12.3. The third-order valence-electron chi connectivity index (χ3n) is 3.20. The molecule has 0 radical (unpaired) electrons. The maximum atomic E-state index is 12.3. The molecule has 1 aliphatic heterocycles. The molecular weight excluding hydrogens is 276 g/mol. The highest BCUT2D eigenvalue weighted by atomic mass is 32.2. The molecule has 0 aromatic carbocycles. The van der Waals surface area contributed by atoms with Crippen LogP contribution in [0.3, 0.4) is 0 Å². The number of hydrogen-bond acceptors (Lipinski definition) is 4. The van der Waals surface area contributed by atoms with Gasteiger partial charge in [0.05, 0.1) is 0 Å². The van der Waals surface area contributed by atoms with Gasteiger partial charge in [-0.15, -0.1) is 0 Å². The zero-order valence-electron chi connectivity index (χ0n) is 11.2. The number of carbonyl (C=O) groups excluding carboxylic acids is 1. The van der Waals surface area contributed by atoms with Crippen LogP contribution in [-0.2, 0) is 4.79 Å². The van der Waals surface area contributed by atoms with Crippen molar-refractivity contribution in [3.63, 3.8) is 0 Å². The molecule has 1 amide bonds. The average Bonchev–Trinajstić information content (AvgIpc) is 2.98. The molecule has 1 atom stereocenters. The summed E-state index contributed by atoms with van der Waals surface area (Å²) in [5.74, 6) is 0.964. The fourth-order valence-corrected chi connectivity index (χ4v) is 3.24. The van der Waals surface area contributed by atoms with E-state index in [1.54, 1.807) is 24.1 Å². The number of carboxylic acids is 1. The normalized spacial score (nSPS) is 18.4. The van der Waals surface area contributed by atoms with Crippen molar-refractivity contribution in [1.82, 2.24) is 9.88 Å². The van der Waals surface area contributed by atoms with Crippen molar-refractivity contribution in [2.45, 2.75) is 12.5 Å². The number of thioether (sulfide) groups is 1. The van der Waals surface area contributed by atoms with E-state index in [1.165, 1.54) is 12.3 Å². The van der Waals surface area contributed by atoms with Crippen molar-refractivity contribution >= 4 is 29.7 Å². The molecule has 0 saturated carbocycles. The van der Waals surface area contributed by atoms with Crippen LogP contribution in [0, 0.1) is 0 Å². The standard InChI is InChI=1S/C14H16N2O3S/c1-16(11-6-7-20-9-11)14(19)12-4-2-10(8-15-12)3-5-13(17)18/h2-5,8,11H,6-7,9H2,1H3,(H,17,18). The van der Waals surface area contributed by atoms with Crippen molar-refractivity contribution < 1.29 is 14.7 Å². The monoisotopic (exact) mass is 292 g/mol. The number of carboxylic acid groups (broad SMARTS) is 1. The summed E-state index contributed by atoms with van der Waals surface area (Å²) in [6.45, 7) is 0. The van der Waals surface area contributed by atoms with Crippen molar-refractivity contribution in [1.29, 1.82) is 0 Å². The number of carbonyl (C=O) groups is 2. The van der Waals surface area contributed by atoms with E-state index in [4.69, 9.17) is 5.11 Å². The summed E-state index contributed by atoms with van der Waals surface area (Å²) in [6.07, 6.45) is 5.01. The van der Waals surface area contributed by atoms with Gasteiger partial charge in [0.2, 0.25) is 0 Å². The van der Waals surface area contributed by atoms with E-state index in [2.05, 4.69) is 4.98 Å². The first kappa shape index (κ1) is 14.6. The summed E-state index contributed by atoms with van der Waals surface area (Å²) in [4.78, 5) is 28.5.